The Balaban J connectivity index is 1.95. The highest BCUT2D eigenvalue weighted by molar-refractivity contribution is 7.99. The van der Waals surface area contributed by atoms with Gasteiger partial charge in [0, 0.05) is 13.1 Å². The number of fused-ring (bicyclic) bond motifs is 1. The number of hydrogen-bond acceptors (Lipinski definition) is 4. The van der Waals surface area contributed by atoms with Gasteiger partial charge in [-0.1, -0.05) is 20.8 Å². The van der Waals surface area contributed by atoms with Crippen molar-refractivity contribution in [2.75, 3.05) is 12.3 Å². The normalized spacial score (nSPS) is 28.4. The zero-order valence-corrected chi connectivity index (χ0v) is 12.3. The summed E-state index contributed by atoms with van der Waals surface area (Å²) < 4.78 is 2.37. The van der Waals surface area contributed by atoms with E-state index in [-0.39, 0.29) is 5.41 Å². The Labute approximate surface area is 113 Å². The van der Waals surface area contributed by atoms with Gasteiger partial charge in [-0.25, -0.2) is 0 Å². The molecule has 0 amide bonds. The lowest BCUT2D eigenvalue weighted by molar-refractivity contribution is 0.232. The van der Waals surface area contributed by atoms with Crippen molar-refractivity contribution in [3.63, 3.8) is 0 Å². The van der Waals surface area contributed by atoms with Crippen molar-refractivity contribution in [1.29, 1.82) is 0 Å². The molecule has 0 aliphatic carbocycles. The second kappa shape index (κ2) is 4.53. The number of hydrogen-bond donors (Lipinski definition) is 1. The van der Waals surface area contributed by atoms with Gasteiger partial charge in [0.1, 0.15) is 5.82 Å². The lowest BCUT2D eigenvalue weighted by Crippen LogP contribution is -2.41. The van der Waals surface area contributed by atoms with Crippen LogP contribution < -0.4 is 5.32 Å². The van der Waals surface area contributed by atoms with Gasteiger partial charge >= 0.3 is 0 Å². The summed E-state index contributed by atoms with van der Waals surface area (Å²) in [5, 5.41) is 13.1. The van der Waals surface area contributed by atoms with Crippen molar-refractivity contribution in [2.24, 2.45) is 5.41 Å². The summed E-state index contributed by atoms with van der Waals surface area (Å²) in [6, 6.07) is 0.318. The summed E-state index contributed by atoms with van der Waals surface area (Å²) >= 11 is 2.04. The third-order valence-corrected chi connectivity index (χ3v) is 5.21. The molecule has 4 nitrogen and oxygen atoms in total. The molecule has 100 valence electrons. The fourth-order valence-corrected chi connectivity index (χ4v) is 4.17. The highest BCUT2D eigenvalue weighted by Crippen LogP contribution is 2.41. The molecule has 2 unspecified atom stereocenters. The first kappa shape index (κ1) is 12.5. The maximum atomic E-state index is 4.50. The predicted octanol–water partition coefficient (Wildman–Crippen LogP) is 2.54. The summed E-state index contributed by atoms with van der Waals surface area (Å²) in [5.74, 6) is 3.62. The van der Waals surface area contributed by atoms with E-state index in [0.29, 0.717) is 11.3 Å². The minimum Gasteiger partial charge on any atom is -0.311 e. The summed E-state index contributed by atoms with van der Waals surface area (Å²) in [6.07, 6.45) is 2.58. The molecule has 0 saturated carbocycles. The van der Waals surface area contributed by atoms with E-state index < -0.39 is 0 Å². The van der Waals surface area contributed by atoms with Crippen molar-refractivity contribution in [3.05, 3.63) is 11.6 Å². The largest absolute Gasteiger partial charge is 0.311 e. The Bertz CT molecular complexity index is 429. The summed E-state index contributed by atoms with van der Waals surface area (Å²) in [7, 11) is 0. The monoisotopic (exact) mass is 266 g/mol. The topological polar surface area (TPSA) is 42.7 Å². The molecule has 0 aromatic carbocycles. The lowest BCUT2D eigenvalue weighted by atomic mass is 9.85. The molecule has 1 fully saturated rings. The van der Waals surface area contributed by atoms with Gasteiger partial charge in [-0.3, -0.25) is 0 Å². The lowest BCUT2D eigenvalue weighted by Gasteiger charge is -2.34. The van der Waals surface area contributed by atoms with E-state index in [1.54, 1.807) is 0 Å². The average molecular weight is 266 g/mol. The van der Waals surface area contributed by atoms with E-state index in [9.17, 15) is 0 Å². The van der Waals surface area contributed by atoms with Gasteiger partial charge in [-0.2, -0.15) is 11.8 Å². The third-order valence-electron chi connectivity index (χ3n) is 3.83. The third kappa shape index (κ3) is 2.07. The van der Waals surface area contributed by atoms with Crippen molar-refractivity contribution >= 4 is 11.8 Å². The van der Waals surface area contributed by atoms with Crippen LogP contribution in [0.5, 0.6) is 0 Å². The molecule has 2 aliphatic heterocycles. The quantitative estimate of drug-likeness (QED) is 0.848. The fourth-order valence-electron chi connectivity index (χ4n) is 2.90. The van der Waals surface area contributed by atoms with Crippen LogP contribution in [0.2, 0.25) is 0 Å². The Morgan fingerprint density at radius 2 is 2.06 bits per heavy atom. The molecular formula is C13H22N4S. The van der Waals surface area contributed by atoms with Crippen LogP contribution in [0.3, 0.4) is 0 Å². The van der Waals surface area contributed by atoms with Crippen molar-refractivity contribution < 1.29 is 0 Å². The van der Waals surface area contributed by atoms with E-state index >= 15 is 0 Å². The van der Waals surface area contributed by atoms with Gasteiger partial charge in [-0.15, -0.1) is 10.2 Å². The Morgan fingerprint density at radius 1 is 1.28 bits per heavy atom. The molecular weight excluding hydrogens is 244 g/mol. The van der Waals surface area contributed by atoms with Crippen molar-refractivity contribution in [3.8, 4) is 0 Å². The van der Waals surface area contributed by atoms with Crippen LogP contribution in [0.4, 0.5) is 0 Å². The average Bonchev–Trinajstić information content (AvgIpc) is 2.95. The molecule has 0 radical (unpaired) electrons. The summed E-state index contributed by atoms with van der Waals surface area (Å²) in [6.45, 7) is 8.83. The molecule has 1 saturated heterocycles. The minimum absolute atomic E-state index is 0.186. The number of nitrogens with zero attached hydrogens (tertiary/aromatic N) is 3. The van der Waals surface area contributed by atoms with Gasteiger partial charge in [0.25, 0.3) is 0 Å². The second-order valence-electron chi connectivity index (χ2n) is 6.32. The van der Waals surface area contributed by atoms with Crippen LogP contribution in [-0.2, 0) is 6.54 Å². The van der Waals surface area contributed by atoms with E-state index in [1.807, 2.05) is 11.8 Å². The van der Waals surface area contributed by atoms with Crippen molar-refractivity contribution in [1.82, 2.24) is 20.1 Å². The molecule has 0 spiro atoms. The van der Waals surface area contributed by atoms with Crippen LogP contribution in [0.1, 0.15) is 56.6 Å². The van der Waals surface area contributed by atoms with E-state index in [2.05, 4.69) is 40.9 Å². The zero-order chi connectivity index (χ0) is 12.8. The SMILES string of the molecule is CC(C)(C)C1NCCn2c(C3CCCS3)nnc21. The van der Waals surface area contributed by atoms with Gasteiger partial charge < -0.3 is 9.88 Å². The number of aromatic nitrogens is 3. The number of nitrogens with one attached hydrogen (secondary N) is 1. The predicted molar refractivity (Wildman–Crippen MR) is 74.7 cm³/mol. The maximum absolute atomic E-state index is 4.50. The summed E-state index contributed by atoms with van der Waals surface area (Å²) in [4.78, 5) is 0. The van der Waals surface area contributed by atoms with Crippen molar-refractivity contribution in [2.45, 2.75) is 51.4 Å². The van der Waals surface area contributed by atoms with Gasteiger partial charge in [0.15, 0.2) is 5.82 Å². The first-order chi connectivity index (χ1) is 8.57. The Hall–Kier alpha value is -0.550. The van der Waals surface area contributed by atoms with E-state index in [1.165, 1.54) is 24.4 Å². The highest BCUT2D eigenvalue weighted by atomic mass is 32.2. The standard InChI is InChI=1S/C13H22N4S/c1-13(2,3)10-12-16-15-11(9-5-4-8-18-9)17(12)7-6-14-10/h9-10,14H,4-8H2,1-3H3. The highest BCUT2D eigenvalue weighted by Gasteiger charge is 2.35. The zero-order valence-electron chi connectivity index (χ0n) is 11.4. The smallest absolute Gasteiger partial charge is 0.150 e. The molecule has 1 aromatic rings. The molecule has 3 heterocycles. The number of thioether (sulfide) groups is 1. The first-order valence-corrected chi connectivity index (χ1v) is 7.90. The minimum atomic E-state index is 0.186. The molecule has 2 atom stereocenters. The fraction of sp³-hybridized carbons (Fsp3) is 0.846. The first-order valence-electron chi connectivity index (χ1n) is 6.85. The number of rotatable bonds is 1. The second-order valence-corrected chi connectivity index (χ2v) is 7.63. The molecule has 0 bridgehead atoms. The van der Waals surface area contributed by atoms with Crippen LogP contribution in [0.15, 0.2) is 0 Å². The maximum Gasteiger partial charge on any atom is 0.150 e. The van der Waals surface area contributed by atoms with E-state index in [4.69, 9.17) is 0 Å². The van der Waals surface area contributed by atoms with Crippen LogP contribution in [-0.4, -0.2) is 27.1 Å². The summed E-state index contributed by atoms with van der Waals surface area (Å²) in [5.41, 5.74) is 0.186. The Kier molecular flexibility index (Phi) is 3.14. The van der Waals surface area contributed by atoms with Gasteiger partial charge in [0.2, 0.25) is 0 Å². The molecule has 2 aliphatic rings. The van der Waals surface area contributed by atoms with Crippen LogP contribution in [0.25, 0.3) is 0 Å². The Morgan fingerprint density at radius 3 is 2.72 bits per heavy atom. The molecule has 18 heavy (non-hydrogen) atoms. The molecule has 1 N–H and O–H groups in total. The van der Waals surface area contributed by atoms with Crippen LogP contribution in [0, 0.1) is 5.41 Å². The molecule has 5 heteroatoms. The van der Waals surface area contributed by atoms with Crippen LogP contribution >= 0.6 is 11.8 Å². The van der Waals surface area contributed by atoms with Gasteiger partial charge in [0.05, 0.1) is 11.3 Å². The molecule has 1 aromatic heterocycles. The van der Waals surface area contributed by atoms with E-state index in [0.717, 1.165) is 18.9 Å². The molecule has 3 rings (SSSR count). The van der Waals surface area contributed by atoms with Gasteiger partial charge in [-0.05, 0) is 24.0 Å².